The van der Waals surface area contributed by atoms with E-state index in [4.69, 9.17) is 9.78 Å². The minimum Gasteiger partial charge on any atom is -0.359 e. The molecule has 2 atom stereocenters. The summed E-state index contributed by atoms with van der Waals surface area (Å²) in [4.78, 5) is 11.8. The van der Waals surface area contributed by atoms with Gasteiger partial charge in [-0.1, -0.05) is 97.1 Å². The van der Waals surface area contributed by atoms with E-state index in [1.165, 1.54) is 0 Å². The molecule has 5 rings (SSSR count). The number of hydrogen-bond acceptors (Lipinski definition) is 4. The maximum absolute atomic E-state index is 11.5. The Morgan fingerprint density at radius 1 is 0.710 bits per heavy atom. The van der Waals surface area contributed by atoms with Gasteiger partial charge in [0.15, 0.2) is 5.60 Å². The van der Waals surface area contributed by atoms with Crippen molar-refractivity contribution in [3.8, 4) is 6.07 Å². The first-order chi connectivity index (χ1) is 15.2. The second kappa shape index (κ2) is 7.64. The van der Waals surface area contributed by atoms with Crippen molar-refractivity contribution in [2.24, 2.45) is 5.92 Å². The lowest BCUT2D eigenvalue weighted by atomic mass is 9.75. The SMILES string of the molecule is N#CC1CC(c2ccccc2)(c2ccccc2)OOC1(O)c1ccc2ccccc2c1. The predicted octanol–water partition coefficient (Wildman–Crippen LogP) is 5.42. The Bertz CT molecular complexity index is 1210. The van der Waals surface area contributed by atoms with E-state index in [0.717, 1.165) is 21.9 Å². The quantitative estimate of drug-likeness (QED) is 0.461. The van der Waals surface area contributed by atoms with E-state index in [-0.39, 0.29) is 6.42 Å². The van der Waals surface area contributed by atoms with Crippen molar-refractivity contribution < 1.29 is 14.9 Å². The maximum atomic E-state index is 11.5. The highest BCUT2D eigenvalue weighted by Gasteiger charge is 2.54. The van der Waals surface area contributed by atoms with Gasteiger partial charge in [-0.3, -0.25) is 0 Å². The van der Waals surface area contributed by atoms with Gasteiger partial charge in [-0.05, 0) is 28.0 Å². The van der Waals surface area contributed by atoms with Crippen LogP contribution in [0.15, 0.2) is 103 Å². The van der Waals surface area contributed by atoms with E-state index in [1.807, 2.05) is 97.1 Å². The molecular formula is C27H21NO3. The van der Waals surface area contributed by atoms with Crippen LogP contribution in [0.3, 0.4) is 0 Å². The van der Waals surface area contributed by atoms with Gasteiger partial charge in [0.25, 0.3) is 0 Å². The van der Waals surface area contributed by atoms with E-state index < -0.39 is 17.3 Å². The summed E-state index contributed by atoms with van der Waals surface area (Å²) < 4.78 is 0. The molecule has 4 heteroatoms. The van der Waals surface area contributed by atoms with Crippen molar-refractivity contribution in [1.29, 1.82) is 5.26 Å². The Morgan fingerprint density at radius 3 is 1.90 bits per heavy atom. The van der Waals surface area contributed by atoms with E-state index >= 15 is 0 Å². The first-order valence-corrected chi connectivity index (χ1v) is 10.2. The van der Waals surface area contributed by atoms with Crippen molar-refractivity contribution in [2.75, 3.05) is 0 Å². The second-order valence-corrected chi connectivity index (χ2v) is 7.87. The van der Waals surface area contributed by atoms with E-state index in [0.29, 0.717) is 5.56 Å². The van der Waals surface area contributed by atoms with Crippen LogP contribution < -0.4 is 0 Å². The van der Waals surface area contributed by atoms with Gasteiger partial charge in [-0.25, -0.2) is 4.89 Å². The van der Waals surface area contributed by atoms with Gasteiger partial charge in [0.2, 0.25) is 5.79 Å². The summed E-state index contributed by atoms with van der Waals surface area (Å²) >= 11 is 0. The standard InChI is InChI=1S/C27H21NO3/c28-19-25-18-26(22-11-3-1-4-12-22,23-13-5-2-6-14-23)30-31-27(25,29)24-16-15-20-9-7-8-10-21(20)17-24/h1-17,25,29H,18H2. The average molecular weight is 407 g/mol. The summed E-state index contributed by atoms with van der Waals surface area (Å²) in [5.41, 5.74) is 1.21. The van der Waals surface area contributed by atoms with Crippen molar-refractivity contribution in [2.45, 2.75) is 17.8 Å². The van der Waals surface area contributed by atoms with Gasteiger partial charge >= 0.3 is 0 Å². The molecule has 0 bridgehead atoms. The second-order valence-electron chi connectivity index (χ2n) is 7.87. The first-order valence-electron chi connectivity index (χ1n) is 10.2. The number of benzene rings is 4. The lowest BCUT2D eigenvalue weighted by molar-refractivity contribution is -0.500. The molecule has 4 aromatic rings. The molecule has 4 nitrogen and oxygen atoms in total. The Balaban J connectivity index is 1.60. The van der Waals surface area contributed by atoms with Crippen LogP contribution in [0.5, 0.6) is 0 Å². The van der Waals surface area contributed by atoms with Crippen molar-refractivity contribution in [3.63, 3.8) is 0 Å². The molecule has 1 aliphatic heterocycles. The van der Waals surface area contributed by atoms with Crippen LogP contribution in [0.4, 0.5) is 0 Å². The van der Waals surface area contributed by atoms with Gasteiger partial charge in [-0.2, -0.15) is 10.1 Å². The highest BCUT2D eigenvalue weighted by Crippen LogP contribution is 2.50. The molecule has 4 aromatic carbocycles. The molecule has 0 aromatic heterocycles. The zero-order valence-electron chi connectivity index (χ0n) is 16.8. The van der Waals surface area contributed by atoms with E-state index in [1.54, 1.807) is 6.07 Å². The summed E-state index contributed by atoms with van der Waals surface area (Å²) in [6.07, 6.45) is 0.237. The fourth-order valence-corrected chi connectivity index (χ4v) is 4.36. The lowest BCUT2D eigenvalue weighted by Crippen LogP contribution is -2.50. The van der Waals surface area contributed by atoms with Crippen LogP contribution in [-0.2, 0) is 21.2 Å². The lowest BCUT2D eigenvalue weighted by Gasteiger charge is -2.45. The molecule has 31 heavy (non-hydrogen) atoms. The number of aliphatic hydroxyl groups is 1. The molecule has 1 saturated heterocycles. The van der Waals surface area contributed by atoms with Crippen molar-refractivity contribution in [1.82, 2.24) is 0 Å². The van der Waals surface area contributed by atoms with Crippen LogP contribution in [-0.4, -0.2) is 5.11 Å². The fourth-order valence-electron chi connectivity index (χ4n) is 4.36. The zero-order valence-corrected chi connectivity index (χ0v) is 16.8. The summed E-state index contributed by atoms with van der Waals surface area (Å²) in [5.74, 6) is -2.74. The zero-order chi connectivity index (χ0) is 21.3. The molecule has 0 spiro atoms. The molecule has 152 valence electrons. The van der Waals surface area contributed by atoms with Gasteiger partial charge < -0.3 is 5.11 Å². The van der Waals surface area contributed by atoms with Crippen LogP contribution in [0.1, 0.15) is 23.1 Å². The van der Waals surface area contributed by atoms with Crippen LogP contribution >= 0.6 is 0 Å². The first kappa shape index (κ1) is 19.5. The van der Waals surface area contributed by atoms with Crippen LogP contribution in [0.2, 0.25) is 0 Å². The maximum Gasteiger partial charge on any atom is 0.241 e. The predicted molar refractivity (Wildman–Crippen MR) is 117 cm³/mol. The number of fused-ring (bicyclic) bond motifs is 1. The number of hydrogen-bond donors (Lipinski definition) is 1. The Labute approximate surface area is 180 Å². The molecule has 1 aliphatic rings. The van der Waals surface area contributed by atoms with Crippen LogP contribution in [0.25, 0.3) is 10.8 Å². The molecule has 1 fully saturated rings. The summed E-state index contributed by atoms with van der Waals surface area (Å²) in [6.45, 7) is 0. The molecular weight excluding hydrogens is 386 g/mol. The highest BCUT2D eigenvalue weighted by molar-refractivity contribution is 5.83. The fraction of sp³-hybridized carbons (Fsp3) is 0.148. The monoisotopic (exact) mass is 407 g/mol. The summed E-state index contributed by atoms with van der Waals surface area (Å²) in [7, 11) is 0. The number of nitrogens with zero attached hydrogens (tertiary/aromatic N) is 1. The third-order valence-corrected chi connectivity index (χ3v) is 6.07. The Hall–Kier alpha value is -3.49. The highest BCUT2D eigenvalue weighted by atomic mass is 17.2. The van der Waals surface area contributed by atoms with Crippen molar-refractivity contribution >= 4 is 10.8 Å². The average Bonchev–Trinajstić information content (AvgIpc) is 2.85. The van der Waals surface area contributed by atoms with Crippen molar-refractivity contribution in [3.05, 3.63) is 120 Å². The minimum atomic E-state index is -1.88. The third kappa shape index (κ3) is 3.20. The van der Waals surface area contributed by atoms with E-state index in [2.05, 4.69) is 6.07 Å². The molecule has 0 saturated carbocycles. The normalized spacial score (nSPS) is 22.6. The smallest absolute Gasteiger partial charge is 0.241 e. The Morgan fingerprint density at radius 2 is 1.29 bits per heavy atom. The largest absolute Gasteiger partial charge is 0.359 e. The third-order valence-electron chi connectivity index (χ3n) is 6.07. The van der Waals surface area contributed by atoms with E-state index in [9.17, 15) is 10.4 Å². The van der Waals surface area contributed by atoms with Gasteiger partial charge in [-0.15, -0.1) is 0 Å². The molecule has 1 N–H and O–H groups in total. The Kier molecular flexibility index (Phi) is 4.80. The molecule has 0 aliphatic carbocycles. The summed E-state index contributed by atoms with van der Waals surface area (Å²) in [6, 6.07) is 35.0. The van der Waals surface area contributed by atoms with Gasteiger partial charge in [0.05, 0.1) is 6.07 Å². The number of nitriles is 1. The summed E-state index contributed by atoms with van der Waals surface area (Å²) in [5, 5.41) is 23.6. The topological polar surface area (TPSA) is 62.5 Å². The van der Waals surface area contributed by atoms with Gasteiger partial charge in [0, 0.05) is 12.0 Å². The molecule has 0 radical (unpaired) electrons. The van der Waals surface area contributed by atoms with Gasteiger partial charge in [0.1, 0.15) is 5.92 Å². The minimum absolute atomic E-state index is 0.237. The molecule has 1 heterocycles. The molecule has 2 unspecified atom stereocenters. The van der Waals surface area contributed by atoms with Crippen LogP contribution in [0, 0.1) is 17.2 Å². The molecule has 0 amide bonds. The number of rotatable bonds is 3.